The molecule has 0 aromatic carbocycles. The van der Waals surface area contributed by atoms with Crippen LogP contribution in [0.5, 0.6) is 0 Å². The van der Waals surface area contributed by atoms with E-state index in [1.54, 1.807) is 12.3 Å². The third-order valence-electron chi connectivity index (χ3n) is 3.68. The van der Waals surface area contributed by atoms with E-state index in [9.17, 15) is 4.79 Å². The summed E-state index contributed by atoms with van der Waals surface area (Å²) >= 11 is 3.32. The van der Waals surface area contributed by atoms with Gasteiger partial charge in [-0.1, -0.05) is 25.5 Å². The van der Waals surface area contributed by atoms with Crippen LogP contribution in [-0.2, 0) is 4.79 Å². The van der Waals surface area contributed by atoms with E-state index in [2.05, 4.69) is 60.0 Å². The minimum atomic E-state index is 0.0350. The molecule has 1 aliphatic carbocycles. The van der Waals surface area contributed by atoms with Crippen molar-refractivity contribution in [1.82, 2.24) is 4.98 Å². The molecule has 102 valence electrons. The SMILES string of the molecule is CC(C)=C[C@H]1[C@@H](C(=O)Nc2ccc(Br)cn2)C1(C)C. The first-order chi connectivity index (χ1) is 8.82. The zero-order valence-electron chi connectivity index (χ0n) is 11.7. The second-order valence-electron chi connectivity index (χ2n) is 5.92. The van der Waals surface area contributed by atoms with Crippen LogP contribution in [0.25, 0.3) is 0 Å². The number of aromatic nitrogens is 1. The van der Waals surface area contributed by atoms with Crippen LogP contribution < -0.4 is 5.32 Å². The molecule has 0 aliphatic heterocycles. The molecule has 1 saturated carbocycles. The van der Waals surface area contributed by atoms with Crippen LogP contribution >= 0.6 is 15.9 Å². The maximum absolute atomic E-state index is 12.3. The third-order valence-corrected chi connectivity index (χ3v) is 4.15. The Hall–Kier alpha value is -1.16. The van der Waals surface area contributed by atoms with Crippen LogP contribution in [0.4, 0.5) is 5.82 Å². The van der Waals surface area contributed by atoms with E-state index in [1.807, 2.05) is 6.07 Å². The molecule has 19 heavy (non-hydrogen) atoms. The number of pyridine rings is 1. The molecule has 4 heteroatoms. The number of nitrogens with one attached hydrogen (secondary N) is 1. The first kappa shape index (κ1) is 14.3. The van der Waals surface area contributed by atoms with Gasteiger partial charge in [0, 0.05) is 10.7 Å². The molecular weight excluding hydrogens is 304 g/mol. The van der Waals surface area contributed by atoms with Gasteiger partial charge in [0.25, 0.3) is 0 Å². The lowest BCUT2D eigenvalue weighted by molar-refractivity contribution is -0.118. The summed E-state index contributed by atoms with van der Waals surface area (Å²) in [5.74, 6) is 1.02. The van der Waals surface area contributed by atoms with Crippen molar-refractivity contribution >= 4 is 27.7 Å². The molecule has 3 nitrogen and oxygen atoms in total. The van der Waals surface area contributed by atoms with Gasteiger partial charge in [-0.25, -0.2) is 4.98 Å². The number of nitrogens with zero attached hydrogens (tertiary/aromatic N) is 1. The van der Waals surface area contributed by atoms with E-state index >= 15 is 0 Å². The summed E-state index contributed by atoms with van der Waals surface area (Å²) in [4.78, 5) is 16.4. The Balaban J connectivity index is 2.05. The van der Waals surface area contributed by atoms with Crippen LogP contribution in [0.1, 0.15) is 27.7 Å². The van der Waals surface area contributed by atoms with Crippen LogP contribution in [0.15, 0.2) is 34.5 Å². The maximum Gasteiger partial charge on any atom is 0.229 e. The zero-order valence-corrected chi connectivity index (χ0v) is 13.3. The predicted octanol–water partition coefficient (Wildman–Crippen LogP) is 4.02. The van der Waals surface area contributed by atoms with E-state index in [0.717, 1.165) is 4.47 Å². The topological polar surface area (TPSA) is 42.0 Å². The van der Waals surface area contributed by atoms with Crippen LogP contribution in [0, 0.1) is 17.3 Å². The second kappa shape index (κ2) is 5.08. The van der Waals surface area contributed by atoms with Gasteiger partial charge in [-0.3, -0.25) is 4.79 Å². The van der Waals surface area contributed by atoms with Gasteiger partial charge >= 0.3 is 0 Å². The molecule has 2 rings (SSSR count). The van der Waals surface area contributed by atoms with Crippen molar-refractivity contribution in [2.24, 2.45) is 17.3 Å². The lowest BCUT2D eigenvalue weighted by Gasteiger charge is -2.05. The summed E-state index contributed by atoms with van der Waals surface area (Å²) in [7, 11) is 0. The van der Waals surface area contributed by atoms with Crippen molar-refractivity contribution in [1.29, 1.82) is 0 Å². The van der Waals surface area contributed by atoms with Crippen molar-refractivity contribution in [3.63, 3.8) is 0 Å². The third kappa shape index (κ3) is 3.06. The second-order valence-corrected chi connectivity index (χ2v) is 6.84. The molecule has 0 spiro atoms. The highest BCUT2D eigenvalue weighted by Gasteiger charge is 2.60. The van der Waals surface area contributed by atoms with Crippen LogP contribution in [0.2, 0.25) is 0 Å². The summed E-state index contributed by atoms with van der Waals surface area (Å²) < 4.78 is 0.902. The first-order valence-corrected chi connectivity index (χ1v) is 7.19. The average molecular weight is 323 g/mol. The number of carbonyl (C=O) groups is 1. The van der Waals surface area contributed by atoms with Crippen molar-refractivity contribution in [2.45, 2.75) is 27.7 Å². The van der Waals surface area contributed by atoms with E-state index in [1.165, 1.54) is 5.57 Å². The molecule has 0 unspecified atom stereocenters. The van der Waals surface area contributed by atoms with Crippen LogP contribution in [0.3, 0.4) is 0 Å². The Bertz CT molecular complexity index is 515. The fraction of sp³-hybridized carbons (Fsp3) is 0.467. The zero-order chi connectivity index (χ0) is 14.2. The molecule has 1 heterocycles. The maximum atomic E-state index is 12.3. The number of halogens is 1. The summed E-state index contributed by atoms with van der Waals surface area (Å²) in [6.45, 7) is 8.41. The Morgan fingerprint density at radius 2 is 2.11 bits per heavy atom. The number of anilines is 1. The van der Waals surface area contributed by atoms with E-state index in [4.69, 9.17) is 0 Å². The molecule has 1 amide bonds. The Labute approximate surface area is 122 Å². The molecule has 1 fully saturated rings. The quantitative estimate of drug-likeness (QED) is 0.854. The normalized spacial score (nSPS) is 23.6. The largest absolute Gasteiger partial charge is 0.310 e. The minimum absolute atomic E-state index is 0.0350. The van der Waals surface area contributed by atoms with Gasteiger partial charge in [0.05, 0.1) is 5.92 Å². The fourth-order valence-corrected chi connectivity index (χ4v) is 2.74. The van der Waals surface area contributed by atoms with Crippen molar-refractivity contribution < 1.29 is 4.79 Å². The first-order valence-electron chi connectivity index (χ1n) is 6.40. The van der Waals surface area contributed by atoms with Crippen molar-refractivity contribution in [3.05, 3.63) is 34.5 Å². The van der Waals surface area contributed by atoms with Crippen molar-refractivity contribution in [2.75, 3.05) is 5.32 Å². The summed E-state index contributed by atoms with van der Waals surface area (Å²) in [5.41, 5.74) is 1.30. The summed E-state index contributed by atoms with van der Waals surface area (Å²) in [5, 5.41) is 2.89. The molecule has 1 aromatic heterocycles. The Kier molecular flexibility index (Phi) is 3.81. The molecule has 1 N–H and O–H groups in total. The smallest absolute Gasteiger partial charge is 0.229 e. The number of amides is 1. The number of hydrogen-bond donors (Lipinski definition) is 1. The fourth-order valence-electron chi connectivity index (χ4n) is 2.50. The van der Waals surface area contributed by atoms with Gasteiger partial charge in [-0.2, -0.15) is 0 Å². The van der Waals surface area contributed by atoms with Crippen molar-refractivity contribution in [3.8, 4) is 0 Å². The Morgan fingerprint density at radius 3 is 2.63 bits per heavy atom. The molecule has 2 atom stereocenters. The van der Waals surface area contributed by atoms with E-state index < -0.39 is 0 Å². The highest BCUT2D eigenvalue weighted by Crippen LogP contribution is 2.59. The van der Waals surface area contributed by atoms with Gasteiger partial charge in [0.15, 0.2) is 0 Å². The molecule has 0 bridgehead atoms. The lowest BCUT2D eigenvalue weighted by Crippen LogP contribution is -2.17. The van der Waals surface area contributed by atoms with Gasteiger partial charge in [0.1, 0.15) is 5.82 Å². The Morgan fingerprint density at radius 1 is 1.42 bits per heavy atom. The number of carbonyl (C=O) groups excluding carboxylic acids is 1. The van der Waals surface area contributed by atoms with Gasteiger partial charge in [-0.15, -0.1) is 0 Å². The monoisotopic (exact) mass is 322 g/mol. The summed E-state index contributed by atoms with van der Waals surface area (Å²) in [6.07, 6.45) is 3.88. The average Bonchev–Trinajstić information content (AvgIpc) is 2.83. The number of hydrogen-bond acceptors (Lipinski definition) is 2. The molecule has 0 radical (unpaired) electrons. The van der Waals surface area contributed by atoms with E-state index in [-0.39, 0.29) is 17.2 Å². The molecular formula is C15H19BrN2O. The standard InChI is InChI=1S/C15H19BrN2O/c1-9(2)7-11-13(15(11,3)4)14(19)18-12-6-5-10(16)8-17-12/h5-8,11,13H,1-4H3,(H,17,18,19)/t11-,13-/m0/s1. The minimum Gasteiger partial charge on any atom is -0.310 e. The molecule has 1 aromatic rings. The highest BCUT2D eigenvalue weighted by molar-refractivity contribution is 9.10. The summed E-state index contributed by atoms with van der Waals surface area (Å²) in [6, 6.07) is 3.67. The van der Waals surface area contributed by atoms with Gasteiger partial charge < -0.3 is 5.32 Å². The molecule has 1 aliphatic rings. The predicted molar refractivity (Wildman–Crippen MR) is 80.8 cm³/mol. The van der Waals surface area contributed by atoms with Gasteiger partial charge in [0.2, 0.25) is 5.91 Å². The van der Waals surface area contributed by atoms with E-state index in [0.29, 0.717) is 11.7 Å². The number of allylic oxidation sites excluding steroid dienone is 2. The number of rotatable bonds is 3. The van der Waals surface area contributed by atoms with Crippen LogP contribution in [-0.4, -0.2) is 10.9 Å². The molecule has 0 saturated heterocycles. The lowest BCUT2D eigenvalue weighted by atomic mass is 10.1. The van der Waals surface area contributed by atoms with Gasteiger partial charge in [-0.05, 0) is 53.2 Å². The highest BCUT2D eigenvalue weighted by atomic mass is 79.9.